The van der Waals surface area contributed by atoms with Gasteiger partial charge in [-0.15, -0.1) is 0 Å². The third kappa shape index (κ3) is 3.12. The minimum Gasteiger partial charge on any atom is -0.329 e. The van der Waals surface area contributed by atoms with Crippen LogP contribution in [0.1, 0.15) is 36.6 Å². The number of nitrogens with two attached hydrogens (primary N) is 1. The van der Waals surface area contributed by atoms with Crippen LogP contribution in [0.2, 0.25) is 0 Å². The summed E-state index contributed by atoms with van der Waals surface area (Å²) in [6.07, 6.45) is 5.99. The normalized spacial score (nSPS) is 29.1. The maximum atomic E-state index is 6.09. The van der Waals surface area contributed by atoms with Crippen LogP contribution in [0.15, 0.2) is 18.3 Å². The molecule has 1 aromatic heterocycles. The van der Waals surface area contributed by atoms with E-state index in [4.69, 9.17) is 5.73 Å². The van der Waals surface area contributed by atoms with Gasteiger partial charge in [0.05, 0.1) is 0 Å². The quantitative estimate of drug-likeness (QED) is 0.921. The zero-order valence-electron chi connectivity index (χ0n) is 13.3. The Kier molecular flexibility index (Phi) is 4.57. The van der Waals surface area contributed by atoms with Crippen molar-refractivity contribution in [3.8, 4) is 0 Å². The first-order valence-corrected chi connectivity index (χ1v) is 8.26. The Hall–Kier alpha value is -0.970. The maximum Gasteiger partial charge on any atom is 0.0485 e. The van der Waals surface area contributed by atoms with Crippen molar-refractivity contribution in [2.75, 3.05) is 33.2 Å². The summed E-state index contributed by atoms with van der Waals surface area (Å²) in [5.74, 6) is 0.810. The SMILES string of the molecule is Cc1ccc(C(CN)N2CCC3C(CCCN3C)C2)cn1. The monoisotopic (exact) mass is 288 g/mol. The van der Waals surface area contributed by atoms with Crippen molar-refractivity contribution in [1.29, 1.82) is 0 Å². The van der Waals surface area contributed by atoms with Gasteiger partial charge in [0.2, 0.25) is 0 Å². The van der Waals surface area contributed by atoms with Crippen molar-refractivity contribution in [1.82, 2.24) is 14.8 Å². The summed E-state index contributed by atoms with van der Waals surface area (Å²) in [5.41, 5.74) is 8.43. The molecule has 4 heteroatoms. The van der Waals surface area contributed by atoms with Gasteiger partial charge in [-0.25, -0.2) is 0 Å². The third-order valence-corrected chi connectivity index (χ3v) is 5.36. The van der Waals surface area contributed by atoms with E-state index in [-0.39, 0.29) is 0 Å². The van der Waals surface area contributed by atoms with Crippen molar-refractivity contribution in [3.63, 3.8) is 0 Å². The molecule has 0 bridgehead atoms. The van der Waals surface area contributed by atoms with E-state index in [1.807, 2.05) is 13.1 Å². The van der Waals surface area contributed by atoms with E-state index in [0.717, 1.165) is 24.2 Å². The second-order valence-electron chi connectivity index (χ2n) is 6.72. The number of aromatic nitrogens is 1. The second-order valence-corrected chi connectivity index (χ2v) is 6.72. The molecule has 0 radical (unpaired) electrons. The lowest BCUT2D eigenvalue weighted by Crippen LogP contribution is -2.53. The minimum absolute atomic E-state index is 0.325. The number of pyridine rings is 1. The highest BCUT2D eigenvalue weighted by Gasteiger charge is 2.36. The maximum absolute atomic E-state index is 6.09. The van der Waals surface area contributed by atoms with E-state index >= 15 is 0 Å². The van der Waals surface area contributed by atoms with E-state index in [1.54, 1.807) is 0 Å². The number of aryl methyl sites for hydroxylation is 1. The van der Waals surface area contributed by atoms with E-state index in [1.165, 1.54) is 37.9 Å². The first kappa shape index (κ1) is 14.9. The van der Waals surface area contributed by atoms with Gasteiger partial charge in [0.1, 0.15) is 0 Å². The van der Waals surface area contributed by atoms with Crippen molar-refractivity contribution in [2.24, 2.45) is 11.7 Å². The summed E-state index contributed by atoms with van der Waals surface area (Å²) >= 11 is 0. The minimum atomic E-state index is 0.325. The van der Waals surface area contributed by atoms with E-state index in [0.29, 0.717) is 12.6 Å². The molecule has 2 fully saturated rings. The fourth-order valence-corrected chi connectivity index (χ4v) is 4.14. The lowest BCUT2D eigenvalue weighted by atomic mass is 9.83. The lowest BCUT2D eigenvalue weighted by Gasteiger charge is -2.48. The van der Waals surface area contributed by atoms with Crippen LogP contribution in [0.25, 0.3) is 0 Å². The Morgan fingerprint density at radius 2 is 2.19 bits per heavy atom. The van der Waals surface area contributed by atoms with Crippen molar-refractivity contribution < 1.29 is 0 Å². The lowest BCUT2D eigenvalue weighted by molar-refractivity contribution is 0.0211. The first-order chi connectivity index (χ1) is 10.2. The van der Waals surface area contributed by atoms with E-state index in [2.05, 4.69) is 34.0 Å². The Bertz CT molecular complexity index is 458. The van der Waals surface area contributed by atoms with Gasteiger partial charge >= 0.3 is 0 Å². The van der Waals surface area contributed by atoms with Gasteiger partial charge in [-0.2, -0.15) is 0 Å². The average Bonchev–Trinajstić information content (AvgIpc) is 2.50. The van der Waals surface area contributed by atoms with Gasteiger partial charge in [0, 0.05) is 43.6 Å². The molecular formula is C17H28N4. The molecule has 0 aromatic carbocycles. The molecule has 3 unspecified atom stereocenters. The summed E-state index contributed by atoms with van der Waals surface area (Å²) in [7, 11) is 2.29. The van der Waals surface area contributed by atoms with Crippen LogP contribution in [0.5, 0.6) is 0 Å². The molecule has 21 heavy (non-hydrogen) atoms. The standard InChI is InChI=1S/C17H28N4/c1-13-5-6-14(11-19-13)17(10-18)21-9-7-16-15(12-21)4-3-8-20(16)2/h5-6,11,15-17H,3-4,7-10,12,18H2,1-2H3. The molecule has 3 heterocycles. The van der Waals surface area contributed by atoms with Crippen LogP contribution in [0.4, 0.5) is 0 Å². The number of rotatable bonds is 3. The zero-order valence-corrected chi connectivity index (χ0v) is 13.3. The molecule has 2 aliphatic heterocycles. The van der Waals surface area contributed by atoms with Crippen molar-refractivity contribution >= 4 is 0 Å². The Labute approximate surface area is 128 Å². The van der Waals surface area contributed by atoms with Gasteiger partial charge < -0.3 is 10.6 Å². The highest BCUT2D eigenvalue weighted by molar-refractivity contribution is 5.18. The Morgan fingerprint density at radius 3 is 2.90 bits per heavy atom. The molecule has 116 valence electrons. The number of nitrogens with zero attached hydrogens (tertiary/aromatic N) is 3. The number of hydrogen-bond acceptors (Lipinski definition) is 4. The van der Waals surface area contributed by atoms with Crippen LogP contribution < -0.4 is 5.73 Å². The van der Waals surface area contributed by atoms with Crippen LogP contribution in [0.3, 0.4) is 0 Å². The highest BCUT2D eigenvalue weighted by atomic mass is 15.2. The van der Waals surface area contributed by atoms with Crippen molar-refractivity contribution in [3.05, 3.63) is 29.6 Å². The summed E-state index contributed by atoms with van der Waals surface area (Å²) in [6.45, 7) is 6.32. The van der Waals surface area contributed by atoms with Crippen LogP contribution >= 0.6 is 0 Å². The molecule has 0 spiro atoms. The summed E-state index contributed by atoms with van der Waals surface area (Å²) in [5, 5.41) is 0. The molecule has 3 rings (SSSR count). The molecular weight excluding hydrogens is 260 g/mol. The molecule has 4 nitrogen and oxygen atoms in total. The number of likely N-dealkylation sites (tertiary alicyclic amines) is 2. The smallest absolute Gasteiger partial charge is 0.0485 e. The van der Waals surface area contributed by atoms with Gasteiger partial charge in [0.15, 0.2) is 0 Å². The van der Waals surface area contributed by atoms with E-state index < -0.39 is 0 Å². The Balaban J connectivity index is 1.72. The molecule has 3 atom stereocenters. The Morgan fingerprint density at radius 1 is 1.33 bits per heavy atom. The van der Waals surface area contributed by atoms with Gasteiger partial charge in [0.25, 0.3) is 0 Å². The van der Waals surface area contributed by atoms with Gasteiger partial charge in [-0.1, -0.05) is 6.07 Å². The number of hydrogen-bond donors (Lipinski definition) is 1. The molecule has 0 aliphatic carbocycles. The molecule has 2 saturated heterocycles. The van der Waals surface area contributed by atoms with E-state index in [9.17, 15) is 0 Å². The zero-order chi connectivity index (χ0) is 14.8. The molecule has 2 aliphatic rings. The molecule has 2 N–H and O–H groups in total. The first-order valence-electron chi connectivity index (χ1n) is 8.26. The average molecular weight is 288 g/mol. The third-order valence-electron chi connectivity index (χ3n) is 5.36. The predicted octanol–water partition coefficient (Wildman–Crippen LogP) is 1.81. The van der Waals surface area contributed by atoms with Crippen LogP contribution in [0, 0.1) is 12.8 Å². The highest BCUT2D eigenvalue weighted by Crippen LogP contribution is 2.33. The fourth-order valence-electron chi connectivity index (χ4n) is 4.14. The van der Waals surface area contributed by atoms with Gasteiger partial charge in [-0.3, -0.25) is 9.88 Å². The summed E-state index contributed by atoms with van der Waals surface area (Å²) in [4.78, 5) is 9.60. The van der Waals surface area contributed by atoms with Crippen LogP contribution in [-0.2, 0) is 0 Å². The second kappa shape index (κ2) is 6.42. The van der Waals surface area contributed by atoms with Crippen molar-refractivity contribution in [2.45, 2.75) is 38.3 Å². The topological polar surface area (TPSA) is 45.4 Å². The molecule has 1 aromatic rings. The van der Waals surface area contributed by atoms with Crippen LogP contribution in [-0.4, -0.2) is 54.1 Å². The predicted molar refractivity (Wildman–Crippen MR) is 86.1 cm³/mol. The number of fused-ring (bicyclic) bond motifs is 1. The van der Waals surface area contributed by atoms with Gasteiger partial charge in [-0.05, 0) is 57.3 Å². The number of piperidine rings is 2. The molecule has 0 saturated carbocycles. The fraction of sp³-hybridized carbons (Fsp3) is 0.706. The molecule has 0 amide bonds. The largest absolute Gasteiger partial charge is 0.329 e. The summed E-state index contributed by atoms with van der Waals surface area (Å²) in [6, 6.07) is 5.40. The summed E-state index contributed by atoms with van der Waals surface area (Å²) < 4.78 is 0.